The minimum Gasteiger partial charge on any atom is -0.456 e. The number of hydrogen-bond acceptors (Lipinski definition) is 3. The molecule has 0 fully saturated rings. The summed E-state index contributed by atoms with van der Waals surface area (Å²) in [5, 5.41) is 2.20. The van der Waals surface area contributed by atoms with Crippen LogP contribution in [0.3, 0.4) is 0 Å². The molecule has 0 aliphatic heterocycles. The van der Waals surface area contributed by atoms with Gasteiger partial charge in [-0.05, 0) is 80.9 Å². The summed E-state index contributed by atoms with van der Waals surface area (Å²) < 4.78 is 6.51. The van der Waals surface area contributed by atoms with E-state index in [-0.39, 0.29) is 0 Å². The third-order valence-corrected chi connectivity index (χ3v) is 11.4. The Bertz CT molecular complexity index is 2960. The molecule has 0 bridgehead atoms. The summed E-state index contributed by atoms with van der Waals surface area (Å²) in [5.41, 5.74) is 15.3. The zero-order chi connectivity index (χ0) is 37.1. The summed E-state index contributed by atoms with van der Waals surface area (Å²) >= 11 is 0. The first-order valence-corrected chi connectivity index (χ1v) is 19.1. The van der Waals surface area contributed by atoms with Crippen LogP contribution < -0.4 is 0 Å². The third-order valence-electron chi connectivity index (χ3n) is 11.4. The molecule has 262 valence electrons. The van der Waals surface area contributed by atoms with Gasteiger partial charge in [0.2, 0.25) is 0 Å². The van der Waals surface area contributed by atoms with Crippen LogP contribution in [-0.2, 0) is 5.41 Å². The number of furan rings is 1. The molecule has 10 aromatic rings. The van der Waals surface area contributed by atoms with E-state index in [0.717, 1.165) is 61.1 Å². The Morgan fingerprint density at radius 2 is 0.893 bits per heavy atom. The number of benzene rings is 8. The Morgan fingerprint density at radius 1 is 0.339 bits per heavy atom. The summed E-state index contributed by atoms with van der Waals surface area (Å²) in [6.07, 6.45) is 0. The lowest BCUT2D eigenvalue weighted by Crippen LogP contribution is -2.28. The van der Waals surface area contributed by atoms with Crippen LogP contribution in [0.1, 0.15) is 22.3 Å². The average molecular weight is 715 g/mol. The minimum atomic E-state index is -0.562. The molecule has 0 unspecified atom stereocenters. The number of aromatic nitrogens is 2. The van der Waals surface area contributed by atoms with E-state index >= 15 is 0 Å². The largest absolute Gasteiger partial charge is 0.456 e. The molecule has 11 rings (SSSR count). The monoisotopic (exact) mass is 714 g/mol. The molecule has 3 heteroatoms. The summed E-state index contributed by atoms with van der Waals surface area (Å²) in [4.78, 5) is 10.8. The van der Waals surface area contributed by atoms with Crippen LogP contribution in [0, 0.1) is 0 Å². The maximum absolute atomic E-state index is 6.51. The van der Waals surface area contributed by atoms with Gasteiger partial charge in [0, 0.05) is 27.5 Å². The minimum absolute atomic E-state index is 0.562. The molecule has 2 aromatic heterocycles. The molecule has 0 saturated heterocycles. The van der Waals surface area contributed by atoms with Crippen LogP contribution >= 0.6 is 0 Å². The van der Waals surface area contributed by atoms with Crippen LogP contribution in [-0.4, -0.2) is 9.97 Å². The van der Waals surface area contributed by atoms with Gasteiger partial charge in [0.15, 0.2) is 5.82 Å². The third kappa shape index (κ3) is 4.98. The number of nitrogens with zero attached hydrogens (tertiary/aromatic N) is 2. The molecule has 0 saturated carbocycles. The van der Waals surface area contributed by atoms with Crippen molar-refractivity contribution in [1.29, 1.82) is 0 Å². The lowest BCUT2D eigenvalue weighted by atomic mass is 9.67. The van der Waals surface area contributed by atoms with Crippen LogP contribution in [0.15, 0.2) is 211 Å². The maximum atomic E-state index is 6.51. The fourth-order valence-electron chi connectivity index (χ4n) is 8.89. The van der Waals surface area contributed by atoms with E-state index in [1.807, 2.05) is 24.3 Å². The number of hydrogen-bond donors (Lipinski definition) is 0. The van der Waals surface area contributed by atoms with Crippen molar-refractivity contribution in [3.8, 4) is 56.2 Å². The van der Waals surface area contributed by atoms with E-state index in [0.29, 0.717) is 5.82 Å². The second kappa shape index (κ2) is 12.9. The Kier molecular flexibility index (Phi) is 7.39. The lowest BCUT2D eigenvalue weighted by Gasteiger charge is -2.34. The van der Waals surface area contributed by atoms with Crippen molar-refractivity contribution in [3.05, 3.63) is 229 Å². The van der Waals surface area contributed by atoms with Crippen molar-refractivity contribution in [2.45, 2.75) is 5.41 Å². The average Bonchev–Trinajstić information content (AvgIpc) is 3.80. The van der Waals surface area contributed by atoms with Gasteiger partial charge in [-0.25, -0.2) is 9.97 Å². The van der Waals surface area contributed by atoms with Gasteiger partial charge < -0.3 is 4.42 Å². The first-order valence-electron chi connectivity index (χ1n) is 19.1. The lowest BCUT2D eigenvalue weighted by molar-refractivity contribution is 0.669. The topological polar surface area (TPSA) is 38.9 Å². The fraction of sp³-hybridized carbons (Fsp3) is 0.0189. The Labute approximate surface area is 325 Å². The molecule has 8 aromatic carbocycles. The Hall–Kier alpha value is -7.36. The molecule has 0 atom stereocenters. The van der Waals surface area contributed by atoms with E-state index in [9.17, 15) is 0 Å². The molecule has 2 heterocycles. The molecule has 3 nitrogen and oxygen atoms in total. The molecule has 0 spiro atoms. The van der Waals surface area contributed by atoms with Crippen LogP contribution in [0.2, 0.25) is 0 Å². The number of fused-ring (bicyclic) bond motifs is 6. The Morgan fingerprint density at radius 3 is 1.55 bits per heavy atom. The predicted octanol–water partition coefficient (Wildman–Crippen LogP) is 13.4. The predicted molar refractivity (Wildman–Crippen MR) is 228 cm³/mol. The summed E-state index contributed by atoms with van der Waals surface area (Å²) in [5.74, 6) is 0.669. The van der Waals surface area contributed by atoms with Gasteiger partial charge in [-0.1, -0.05) is 170 Å². The van der Waals surface area contributed by atoms with E-state index < -0.39 is 5.41 Å². The van der Waals surface area contributed by atoms with E-state index in [4.69, 9.17) is 14.4 Å². The van der Waals surface area contributed by atoms with Crippen molar-refractivity contribution in [1.82, 2.24) is 9.97 Å². The first-order chi connectivity index (χ1) is 27.8. The van der Waals surface area contributed by atoms with Gasteiger partial charge in [0.05, 0.1) is 16.8 Å². The summed E-state index contributed by atoms with van der Waals surface area (Å²) in [6, 6.07) is 73.3. The van der Waals surface area contributed by atoms with Crippen LogP contribution in [0.25, 0.3) is 78.1 Å². The smallest absolute Gasteiger partial charge is 0.161 e. The highest BCUT2D eigenvalue weighted by molar-refractivity contribution is 6.06. The molecule has 0 amide bonds. The molecule has 1 aliphatic rings. The first kappa shape index (κ1) is 32.1. The van der Waals surface area contributed by atoms with Gasteiger partial charge in [-0.3, -0.25) is 0 Å². The van der Waals surface area contributed by atoms with Crippen molar-refractivity contribution >= 4 is 21.9 Å². The standard InChI is InChI=1S/C53H34N2O/c1-5-17-35(18-6-1)48-34-49(36-19-7-2-8-20-36)55-52(54-48)45-32-44-40-25-13-15-27-46(40)53(38-21-9-3-10-22-38,39-23-11-4-12-24-39)47(44)33-43(45)37-29-30-42-41-26-14-16-28-50(41)56-51(42)31-37/h1-34H. The quantitative estimate of drug-likeness (QED) is 0.172. The molecular weight excluding hydrogens is 681 g/mol. The molecule has 0 N–H and O–H groups in total. The van der Waals surface area contributed by atoms with Gasteiger partial charge in [-0.15, -0.1) is 0 Å². The van der Waals surface area contributed by atoms with E-state index in [1.165, 1.54) is 33.4 Å². The maximum Gasteiger partial charge on any atom is 0.161 e. The van der Waals surface area contributed by atoms with Gasteiger partial charge in [-0.2, -0.15) is 0 Å². The number of rotatable bonds is 6. The molecule has 0 radical (unpaired) electrons. The highest BCUT2D eigenvalue weighted by atomic mass is 16.3. The molecule has 56 heavy (non-hydrogen) atoms. The normalized spacial score (nSPS) is 12.8. The van der Waals surface area contributed by atoms with E-state index in [2.05, 4.69) is 182 Å². The second-order valence-electron chi connectivity index (χ2n) is 14.5. The SMILES string of the molecule is c1ccc(-c2cc(-c3ccccc3)nc(-c3cc4c(cc3-c3ccc5c(c3)oc3ccccc35)C(c3ccccc3)(c3ccccc3)c3ccccc3-4)n2)cc1. The zero-order valence-corrected chi connectivity index (χ0v) is 30.4. The van der Waals surface area contributed by atoms with E-state index in [1.54, 1.807) is 0 Å². The van der Waals surface area contributed by atoms with Crippen molar-refractivity contribution in [3.63, 3.8) is 0 Å². The van der Waals surface area contributed by atoms with Gasteiger partial charge in [0.25, 0.3) is 0 Å². The summed E-state index contributed by atoms with van der Waals surface area (Å²) in [6.45, 7) is 0. The van der Waals surface area contributed by atoms with Gasteiger partial charge in [0.1, 0.15) is 11.2 Å². The fourth-order valence-corrected chi connectivity index (χ4v) is 8.89. The van der Waals surface area contributed by atoms with Crippen molar-refractivity contribution < 1.29 is 4.42 Å². The van der Waals surface area contributed by atoms with Crippen molar-refractivity contribution in [2.24, 2.45) is 0 Å². The van der Waals surface area contributed by atoms with Crippen molar-refractivity contribution in [2.75, 3.05) is 0 Å². The highest BCUT2D eigenvalue weighted by Gasteiger charge is 2.46. The van der Waals surface area contributed by atoms with Crippen LogP contribution in [0.5, 0.6) is 0 Å². The number of para-hydroxylation sites is 1. The molecular formula is C53H34N2O. The Balaban J connectivity index is 1.26. The highest BCUT2D eigenvalue weighted by Crippen LogP contribution is 2.58. The zero-order valence-electron chi connectivity index (χ0n) is 30.4. The van der Waals surface area contributed by atoms with Crippen LogP contribution in [0.4, 0.5) is 0 Å². The summed E-state index contributed by atoms with van der Waals surface area (Å²) in [7, 11) is 0. The van der Waals surface area contributed by atoms with Gasteiger partial charge >= 0.3 is 0 Å². The molecule has 1 aliphatic carbocycles. The second-order valence-corrected chi connectivity index (χ2v) is 14.5.